The fraction of sp³-hybridized carbons (Fsp3) is 0.500. The van der Waals surface area contributed by atoms with E-state index in [1.54, 1.807) is 26.4 Å². The summed E-state index contributed by atoms with van der Waals surface area (Å²) in [5, 5.41) is 2.95. The second-order valence-corrected chi connectivity index (χ2v) is 5.68. The molecule has 0 saturated carbocycles. The molecule has 0 bridgehead atoms. The highest BCUT2D eigenvalue weighted by atomic mass is 32.2. The first-order chi connectivity index (χ1) is 9.21. The highest BCUT2D eigenvalue weighted by Crippen LogP contribution is 2.30. The Labute approximate surface area is 117 Å². The minimum Gasteiger partial charge on any atom is -0.496 e. The fourth-order valence-electron chi connectivity index (χ4n) is 2.13. The Hall–Kier alpha value is -1.20. The van der Waals surface area contributed by atoms with Crippen LogP contribution in [0.15, 0.2) is 24.3 Å². The van der Waals surface area contributed by atoms with Crippen molar-refractivity contribution in [2.45, 2.75) is 12.0 Å². The summed E-state index contributed by atoms with van der Waals surface area (Å²) in [5.41, 5.74) is 0.337. The van der Waals surface area contributed by atoms with E-state index in [-0.39, 0.29) is 11.5 Å². The third kappa shape index (κ3) is 3.22. The van der Waals surface area contributed by atoms with E-state index in [4.69, 9.17) is 9.47 Å². The van der Waals surface area contributed by atoms with Gasteiger partial charge in [-0.2, -0.15) is 11.8 Å². The minimum atomic E-state index is -0.220. The summed E-state index contributed by atoms with van der Waals surface area (Å²) in [6.45, 7) is 0.535. The highest BCUT2D eigenvalue weighted by molar-refractivity contribution is 7.99. The van der Waals surface area contributed by atoms with Gasteiger partial charge in [-0.25, -0.2) is 0 Å². The van der Waals surface area contributed by atoms with Crippen molar-refractivity contribution in [3.8, 4) is 5.75 Å². The fourth-order valence-corrected chi connectivity index (χ4v) is 3.53. The quantitative estimate of drug-likeness (QED) is 0.896. The molecule has 1 atom stereocenters. The van der Waals surface area contributed by atoms with Crippen LogP contribution in [0.5, 0.6) is 5.75 Å². The summed E-state index contributed by atoms with van der Waals surface area (Å²) in [5.74, 6) is 2.48. The van der Waals surface area contributed by atoms with Crippen molar-refractivity contribution in [3.63, 3.8) is 0 Å². The van der Waals surface area contributed by atoms with Crippen LogP contribution in [0, 0.1) is 0 Å². The van der Waals surface area contributed by atoms with Crippen LogP contribution < -0.4 is 10.1 Å². The maximum Gasteiger partial charge on any atom is 0.255 e. The Morgan fingerprint density at radius 2 is 2.21 bits per heavy atom. The Bertz CT molecular complexity index is 444. The number of rotatable bonds is 5. The van der Waals surface area contributed by atoms with Crippen molar-refractivity contribution in [1.82, 2.24) is 5.32 Å². The van der Waals surface area contributed by atoms with Gasteiger partial charge in [-0.1, -0.05) is 12.1 Å². The van der Waals surface area contributed by atoms with Gasteiger partial charge in [0, 0.05) is 19.4 Å². The van der Waals surface area contributed by atoms with Gasteiger partial charge < -0.3 is 14.8 Å². The van der Waals surface area contributed by atoms with Gasteiger partial charge >= 0.3 is 0 Å². The van der Waals surface area contributed by atoms with Gasteiger partial charge in [0.15, 0.2) is 0 Å². The van der Waals surface area contributed by atoms with Crippen LogP contribution in [0.4, 0.5) is 0 Å². The number of amides is 1. The van der Waals surface area contributed by atoms with E-state index in [0.29, 0.717) is 17.9 Å². The number of methoxy groups -OCH3 is 2. The molecule has 1 unspecified atom stereocenters. The van der Waals surface area contributed by atoms with Crippen molar-refractivity contribution in [2.24, 2.45) is 0 Å². The molecule has 1 saturated heterocycles. The van der Waals surface area contributed by atoms with Crippen LogP contribution in [0.25, 0.3) is 0 Å². The predicted molar refractivity (Wildman–Crippen MR) is 77.0 cm³/mol. The highest BCUT2D eigenvalue weighted by Gasteiger charge is 2.34. The maximum atomic E-state index is 12.2. The number of carbonyl (C=O) groups excluding carboxylic acids is 1. The van der Waals surface area contributed by atoms with Gasteiger partial charge in [0.1, 0.15) is 5.75 Å². The average molecular weight is 281 g/mol. The van der Waals surface area contributed by atoms with Crippen LogP contribution >= 0.6 is 11.8 Å². The molecule has 0 aromatic heterocycles. The number of para-hydroxylation sites is 1. The number of hydrogen-bond donors (Lipinski definition) is 1. The lowest BCUT2D eigenvalue weighted by molar-refractivity contribution is 0.0137. The van der Waals surface area contributed by atoms with Crippen LogP contribution in [-0.4, -0.2) is 43.8 Å². The molecule has 4 nitrogen and oxygen atoms in total. The molecule has 1 aromatic carbocycles. The van der Waals surface area contributed by atoms with E-state index in [9.17, 15) is 4.79 Å². The molecular formula is C14H19NO3S. The Kier molecular flexibility index (Phi) is 4.71. The SMILES string of the molecule is COc1ccccc1C(=O)NCC1(OC)CCSC1. The summed E-state index contributed by atoms with van der Waals surface area (Å²) < 4.78 is 10.8. The predicted octanol–water partition coefficient (Wildman–Crippen LogP) is 1.95. The number of hydrogen-bond acceptors (Lipinski definition) is 4. The van der Waals surface area contributed by atoms with Crippen LogP contribution in [0.2, 0.25) is 0 Å². The molecule has 1 aliphatic rings. The molecule has 1 amide bonds. The summed E-state index contributed by atoms with van der Waals surface area (Å²) in [4.78, 5) is 12.2. The molecular weight excluding hydrogens is 262 g/mol. The summed E-state index contributed by atoms with van der Waals surface area (Å²) in [6.07, 6.45) is 0.973. The average Bonchev–Trinajstić information content (AvgIpc) is 2.94. The van der Waals surface area contributed by atoms with Crippen molar-refractivity contribution < 1.29 is 14.3 Å². The van der Waals surface area contributed by atoms with E-state index in [1.165, 1.54) is 0 Å². The first-order valence-corrected chi connectivity index (χ1v) is 7.40. The first-order valence-electron chi connectivity index (χ1n) is 6.25. The molecule has 5 heteroatoms. The molecule has 1 heterocycles. The van der Waals surface area contributed by atoms with Crippen molar-refractivity contribution in [1.29, 1.82) is 0 Å². The summed E-state index contributed by atoms with van der Waals surface area (Å²) in [7, 11) is 3.28. The minimum absolute atomic E-state index is 0.120. The lowest BCUT2D eigenvalue weighted by Gasteiger charge is -2.26. The molecule has 19 heavy (non-hydrogen) atoms. The van der Waals surface area contributed by atoms with E-state index in [1.807, 2.05) is 23.9 Å². The Morgan fingerprint density at radius 3 is 2.84 bits per heavy atom. The van der Waals surface area contributed by atoms with E-state index in [0.717, 1.165) is 17.9 Å². The van der Waals surface area contributed by atoms with Gasteiger partial charge in [-0.3, -0.25) is 4.79 Å². The molecule has 1 fully saturated rings. The zero-order valence-electron chi connectivity index (χ0n) is 11.3. The van der Waals surface area contributed by atoms with Crippen molar-refractivity contribution >= 4 is 17.7 Å². The maximum absolute atomic E-state index is 12.2. The van der Waals surface area contributed by atoms with Crippen LogP contribution in [0.3, 0.4) is 0 Å². The Morgan fingerprint density at radius 1 is 1.42 bits per heavy atom. The van der Waals surface area contributed by atoms with Crippen LogP contribution in [0.1, 0.15) is 16.8 Å². The van der Waals surface area contributed by atoms with Gasteiger partial charge in [-0.15, -0.1) is 0 Å². The first kappa shape index (κ1) is 14.2. The normalized spacial score (nSPS) is 22.2. The summed E-state index contributed by atoms with van der Waals surface area (Å²) in [6, 6.07) is 7.22. The third-order valence-electron chi connectivity index (χ3n) is 3.42. The van der Waals surface area contributed by atoms with Gasteiger partial charge in [-0.05, 0) is 24.3 Å². The van der Waals surface area contributed by atoms with Gasteiger partial charge in [0.2, 0.25) is 0 Å². The van der Waals surface area contributed by atoms with Gasteiger partial charge in [0.25, 0.3) is 5.91 Å². The van der Waals surface area contributed by atoms with E-state index >= 15 is 0 Å². The smallest absolute Gasteiger partial charge is 0.255 e. The van der Waals surface area contributed by atoms with Gasteiger partial charge in [0.05, 0.1) is 18.3 Å². The molecule has 0 radical (unpaired) electrons. The molecule has 104 valence electrons. The zero-order valence-corrected chi connectivity index (χ0v) is 12.1. The van der Waals surface area contributed by atoms with Crippen molar-refractivity contribution in [2.75, 3.05) is 32.3 Å². The topological polar surface area (TPSA) is 47.6 Å². The Balaban J connectivity index is 2.01. The van der Waals surface area contributed by atoms with E-state index in [2.05, 4.69) is 5.32 Å². The molecule has 0 spiro atoms. The summed E-state index contributed by atoms with van der Waals surface area (Å²) >= 11 is 1.86. The second-order valence-electron chi connectivity index (χ2n) is 4.57. The third-order valence-corrected chi connectivity index (χ3v) is 4.65. The molecule has 1 aliphatic heterocycles. The molecule has 1 N–H and O–H groups in total. The lowest BCUT2D eigenvalue weighted by Crippen LogP contribution is -2.44. The second kappa shape index (κ2) is 6.30. The number of carbonyl (C=O) groups is 1. The molecule has 0 aliphatic carbocycles. The standard InChI is InChI=1S/C14H19NO3S/c1-17-12-6-4-3-5-11(12)13(16)15-9-14(18-2)7-8-19-10-14/h3-6H,7-10H2,1-2H3,(H,15,16). The number of ether oxygens (including phenoxy) is 2. The largest absolute Gasteiger partial charge is 0.496 e. The lowest BCUT2D eigenvalue weighted by atomic mass is 10.0. The molecule has 2 rings (SSSR count). The number of thioether (sulfide) groups is 1. The monoisotopic (exact) mass is 281 g/mol. The number of nitrogens with one attached hydrogen (secondary N) is 1. The van der Waals surface area contributed by atoms with E-state index < -0.39 is 0 Å². The van der Waals surface area contributed by atoms with Crippen molar-refractivity contribution in [3.05, 3.63) is 29.8 Å². The molecule has 1 aromatic rings. The zero-order chi connectivity index (χ0) is 13.7. The van der Waals surface area contributed by atoms with Crippen LogP contribution in [-0.2, 0) is 4.74 Å². The number of benzene rings is 1.